The van der Waals surface area contributed by atoms with Gasteiger partial charge in [0.2, 0.25) is 0 Å². The molecule has 72 valence electrons. The Morgan fingerprint density at radius 3 is 1.92 bits per heavy atom. The average Bonchev–Trinajstić information content (AvgIpc) is 1.82. The minimum absolute atomic E-state index is 0.109. The van der Waals surface area contributed by atoms with Crippen molar-refractivity contribution in [1.29, 1.82) is 0 Å². The minimum Gasteiger partial charge on any atom is -0.389 e. The van der Waals surface area contributed by atoms with Gasteiger partial charge in [-0.15, -0.1) is 0 Å². The van der Waals surface area contributed by atoms with Crippen LogP contribution in [0.3, 0.4) is 0 Å². The molecule has 3 nitrogen and oxygen atoms in total. The van der Waals surface area contributed by atoms with Gasteiger partial charge in [-0.3, -0.25) is 0 Å². The summed E-state index contributed by atoms with van der Waals surface area (Å²) >= 11 is 0. The van der Waals surface area contributed by atoms with Crippen molar-refractivity contribution in [3.63, 3.8) is 0 Å². The highest BCUT2D eigenvalue weighted by atomic mass is 16.7. The van der Waals surface area contributed by atoms with Crippen LogP contribution >= 0.6 is 0 Å². The molecule has 0 amide bonds. The summed E-state index contributed by atoms with van der Waals surface area (Å²) in [5.74, 6) is 0. The molecule has 0 unspecified atom stereocenters. The molecule has 0 saturated carbocycles. The first-order chi connectivity index (χ1) is 5.35. The predicted octanol–water partition coefficient (Wildman–Crippen LogP) is 1.86. The molecule has 0 aromatic carbocycles. The van der Waals surface area contributed by atoms with E-state index in [0.29, 0.717) is 0 Å². The highest BCUT2D eigenvalue weighted by Crippen LogP contribution is 2.10. The van der Waals surface area contributed by atoms with E-state index < -0.39 is 7.32 Å². The second kappa shape index (κ2) is 4.85. The molecular formula is C8H19BO3. The zero-order valence-corrected chi connectivity index (χ0v) is 8.88. The van der Waals surface area contributed by atoms with Crippen LogP contribution in [0.4, 0.5) is 0 Å². The van der Waals surface area contributed by atoms with Crippen LogP contribution in [0.25, 0.3) is 0 Å². The van der Waals surface area contributed by atoms with Crippen molar-refractivity contribution in [3.05, 3.63) is 0 Å². The quantitative estimate of drug-likeness (QED) is 0.608. The van der Waals surface area contributed by atoms with E-state index in [1.807, 2.05) is 34.6 Å². The van der Waals surface area contributed by atoms with Crippen LogP contribution in [0.2, 0.25) is 0 Å². The van der Waals surface area contributed by atoms with Crippen LogP contribution in [-0.4, -0.2) is 26.1 Å². The maximum atomic E-state index is 5.45. The maximum Gasteiger partial charge on any atom is 0.639 e. The van der Waals surface area contributed by atoms with Crippen LogP contribution in [0.15, 0.2) is 0 Å². The highest BCUT2D eigenvalue weighted by Gasteiger charge is 2.27. The summed E-state index contributed by atoms with van der Waals surface area (Å²) < 4.78 is 15.8. The SMILES string of the molecule is COB(OC(C)C)OC(C)(C)C. The van der Waals surface area contributed by atoms with E-state index in [2.05, 4.69) is 0 Å². The van der Waals surface area contributed by atoms with Crippen LogP contribution in [-0.2, 0) is 14.0 Å². The van der Waals surface area contributed by atoms with E-state index in [0.717, 1.165) is 0 Å². The lowest BCUT2D eigenvalue weighted by atomic mass is 10.1. The second-order valence-electron chi connectivity index (χ2n) is 3.94. The molecule has 0 fully saturated rings. The number of hydrogen-bond acceptors (Lipinski definition) is 3. The summed E-state index contributed by atoms with van der Waals surface area (Å²) in [6.07, 6.45) is 0.109. The molecule has 0 spiro atoms. The lowest BCUT2D eigenvalue weighted by molar-refractivity contribution is 0.0191. The van der Waals surface area contributed by atoms with Gasteiger partial charge < -0.3 is 14.0 Å². The third-order valence-electron chi connectivity index (χ3n) is 1.03. The van der Waals surface area contributed by atoms with Gasteiger partial charge in [-0.25, -0.2) is 0 Å². The standard InChI is InChI=1S/C8H19BO3/c1-7(2)11-9(10-6)12-8(3,4)5/h7H,1-6H3. The molecule has 0 aromatic heterocycles. The summed E-state index contributed by atoms with van der Waals surface area (Å²) in [4.78, 5) is 0. The van der Waals surface area contributed by atoms with E-state index in [1.54, 1.807) is 7.11 Å². The fourth-order valence-electron chi connectivity index (χ4n) is 0.642. The van der Waals surface area contributed by atoms with Crippen molar-refractivity contribution in [2.24, 2.45) is 0 Å². The summed E-state index contributed by atoms with van der Waals surface area (Å²) in [6, 6.07) is 0. The molecule has 0 rings (SSSR count). The zero-order valence-electron chi connectivity index (χ0n) is 8.88. The van der Waals surface area contributed by atoms with Crippen molar-refractivity contribution in [2.75, 3.05) is 7.11 Å². The van der Waals surface area contributed by atoms with Gasteiger partial charge in [0.05, 0.1) is 0 Å². The van der Waals surface area contributed by atoms with E-state index in [-0.39, 0.29) is 11.7 Å². The third-order valence-corrected chi connectivity index (χ3v) is 1.03. The third kappa shape index (κ3) is 6.64. The smallest absolute Gasteiger partial charge is 0.389 e. The van der Waals surface area contributed by atoms with Gasteiger partial charge in [-0.05, 0) is 34.6 Å². The lowest BCUT2D eigenvalue weighted by Crippen LogP contribution is -2.36. The van der Waals surface area contributed by atoms with Crippen LogP contribution in [0, 0.1) is 0 Å². The number of hydrogen-bond donors (Lipinski definition) is 0. The number of rotatable bonds is 4. The highest BCUT2D eigenvalue weighted by molar-refractivity contribution is 6.36. The van der Waals surface area contributed by atoms with E-state index in [9.17, 15) is 0 Å². The fraction of sp³-hybridized carbons (Fsp3) is 1.00. The topological polar surface area (TPSA) is 27.7 Å². The van der Waals surface area contributed by atoms with Gasteiger partial charge in [0, 0.05) is 18.8 Å². The molecule has 0 saturated heterocycles. The molecule has 0 atom stereocenters. The zero-order chi connectivity index (χ0) is 9.78. The molecule has 0 radical (unpaired) electrons. The van der Waals surface area contributed by atoms with Gasteiger partial charge in [0.25, 0.3) is 0 Å². The first-order valence-electron chi connectivity index (χ1n) is 4.21. The summed E-state index contributed by atoms with van der Waals surface area (Å²) in [7, 11) is 1.00. The van der Waals surface area contributed by atoms with Gasteiger partial charge in [0.1, 0.15) is 0 Å². The van der Waals surface area contributed by atoms with Crippen LogP contribution < -0.4 is 0 Å². The Morgan fingerprint density at radius 2 is 1.67 bits per heavy atom. The molecule has 0 aromatic rings. The molecule has 4 heteroatoms. The molecule has 0 heterocycles. The van der Waals surface area contributed by atoms with Crippen LogP contribution in [0.1, 0.15) is 34.6 Å². The van der Waals surface area contributed by atoms with E-state index >= 15 is 0 Å². The van der Waals surface area contributed by atoms with Gasteiger partial charge in [0.15, 0.2) is 0 Å². The molecule has 0 N–H and O–H groups in total. The van der Waals surface area contributed by atoms with Gasteiger partial charge >= 0.3 is 7.32 Å². The second-order valence-corrected chi connectivity index (χ2v) is 3.94. The van der Waals surface area contributed by atoms with Crippen molar-refractivity contribution in [2.45, 2.75) is 46.3 Å². The Balaban J connectivity index is 3.83. The van der Waals surface area contributed by atoms with Crippen molar-refractivity contribution in [1.82, 2.24) is 0 Å². The van der Waals surface area contributed by atoms with Crippen molar-refractivity contribution >= 4 is 7.32 Å². The summed E-state index contributed by atoms with van der Waals surface area (Å²) in [6.45, 7) is 9.77. The Morgan fingerprint density at radius 1 is 1.17 bits per heavy atom. The van der Waals surface area contributed by atoms with Crippen LogP contribution in [0.5, 0.6) is 0 Å². The summed E-state index contributed by atoms with van der Waals surface area (Å²) in [5.41, 5.74) is -0.241. The first kappa shape index (κ1) is 11.9. The Kier molecular flexibility index (Phi) is 4.82. The van der Waals surface area contributed by atoms with Gasteiger partial charge in [-0.1, -0.05) is 0 Å². The normalized spacial score (nSPS) is 12.2. The minimum atomic E-state index is -0.565. The molecule has 0 aliphatic carbocycles. The molecule has 0 aliphatic heterocycles. The fourth-order valence-corrected chi connectivity index (χ4v) is 0.642. The molecular weight excluding hydrogens is 155 g/mol. The Hall–Kier alpha value is -0.0551. The molecule has 0 aliphatic rings. The molecule has 0 bridgehead atoms. The predicted molar refractivity (Wildman–Crippen MR) is 49.8 cm³/mol. The Labute approximate surface area is 75.6 Å². The average molecular weight is 174 g/mol. The van der Waals surface area contributed by atoms with E-state index in [1.165, 1.54) is 0 Å². The lowest BCUT2D eigenvalue weighted by Gasteiger charge is -2.24. The van der Waals surface area contributed by atoms with E-state index in [4.69, 9.17) is 14.0 Å². The summed E-state index contributed by atoms with van der Waals surface area (Å²) in [5, 5.41) is 0. The maximum absolute atomic E-state index is 5.45. The largest absolute Gasteiger partial charge is 0.639 e. The van der Waals surface area contributed by atoms with Gasteiger partial charge in [-0.2, -0.15) is 0 Å². The van der Waals surface area contributed by atoms with Crippen molar-refractivity contribution < 1.29 is 14.0 Å². The van der Waals surface area contributed by atoms with Crippen molar-refractivity contribution in [3.8, 4) is 0 Å². The molecule has 12 heavy (non-hydrogen) atoms. The monoisotopic (exact) mass is 174 g/mol. The Bertz CT molecular complexity index is 120. The first-order valence-corrected chi connectivity index (χ1v) is 4.21.